The van der Waals surface area contributed by atoms with Crippen LogP contribution in [0.15, 0.2) is 22.6 Å². The number of aromatic carboxylic acids is 1. The molecule has 2 aromatic rings. The lowest BCUT2D eigenvalue weighted by atomic mass is 10.1. The van der Waals surface area contributed by atoms with Gasteiger partial charge in [0.1, 0.15) is 5.75 Å². The summed E-state index contributed by atoms with van der Waals surface area (Å²) in [5.41, 5.74) is 0.257. The molecule has 0 spiro atoms. The minimum absolute atomic E-state index is 0.210. The van der Waals surface area contributed by atoms with Crippen LogP contribution in [0.25, 0.3) is 11.5 Å². The lowest BCUT2D eigenvalue weighted by molar-refractivity contribution is 0.0646. The van der Waals surface area contributed by atoms with Gasteiger partial charge in [-0.2, -0.15) is 0 Å². The van der Waals surface area contributed by atoms with Gasteiger partial charge in [0.25, 0.3) is 6.43 Å². The third kappa shape index (κ3) is 2.47. The summed E-state index contributed by atoms with van der Waals surface area (Å²) in [4.78, 5) is 14.5. The van der Waals surface area contributed by atoms with E-state index in [1.54, 1.807) is 25.1 Å². The Morgan fingerprint density at radius 3 is 2.65 bits per heavy atom. The van der Waals surface area contributed by atoms with Crippen molar-refractivity contribution in [2.45, 2.75) is 13.3 Å². The van der Waals surface area contributed by atoms with E-state index < -0.39 is 23.8 Å². The molecule has 0 saturated carbocycles. The molecule has 0 saturated heterocycles. The van der Waals surface area contributed by atoms with Crippen molar-refractivity contribution in [3.8, 4) is 17.2 Å². The maximum absolute atomic E-state index is 12.8. The van der Waals surface area contributed by atoms with Crippen molar-refractivity contribution in [2.75, 3.05) is 7.11 Å². The van der Waals surface area contributed by atoms with E-state index in [4.69, 9.17) is 14.3 Å². The van der Waals surface area contributed by atoms with Crippen LogP contribution in [-0.2, 0) is 0 Å². The predicted molar refractivity (Wildman–Crippen MR) is 65.1 cm³/mol. The van der Waals surface area contributed by atoms with Gasteiger partial charge in [0, 0.05) is 0 Å². The number of halogens is 2. The first-order valence-corrected chi connectivity index (χ1v) is 5.61. The van der Waals surface area contributed by atoms with E-state index in [1.807, 2.05) is 0 Å². The topological polar surface area (TPSA) is 72.6 Å². The van der Waals surface area contributed by atoms with Crippen molar-refractivity contribution >= 4 is 5.97 Å². The molecule has 0 unspecified atom stereocenters. The highest BCUT2D eigenvalue weighted by atomic mass is 19.3. The van der Waals surface area contributed by atoms with Gasteiger partial charge in [-0.15, -0.1) is 0 Å². The Morgan fingerprint density at radius 1 is 1.45 bits per heavy atom. The Bertz CT molecular complexity index is 652. The maximum Gasteiger partial charge on any atom is 0.374 e. The third-order valence-electron chi connectivity index (χ3n) is 2.64. The van der Waals surface area contributed by atoms with Crippen molar-refractivity contribution in [1.29, 1.82) is 0 Å². The Labute approximate surface area is 112 Å². The summed E-state index contributed by atoms with van der Waals surface area (Å²) < 4.78 is 35.6. The molecule has 2 rings (SSSR count). The number of oxazole rings is 1. The number of carboxylic acids is 1. The molecule has 1 N–H and O–H groups in total. The van der Waals surface area contributed by atoms with E-state index >= 15 is 0 Å². The van der Waals surface area contributed by atoms with Crippen LogP contribution in [0.1, 0.15) is 28.2 Å². The molecular weight excluding hydrogens is 272 g/mol. The minimum Gasteiger partial charge on any atom is -0.496 e. The molecule has 0 amide bonds. The summed E-state index contributed by atoms with van der Waals surface area (Å²) in [5.74, 6) is -2.31. The average molecular weight is 283 g/mol. The van der Waals surface area contributed by atoms with Crippen LogP contribution in [-0.4, -0.2) is 23.2 Å². The highest BCUT2D eigenvalue weighted by molar-refractivity contribution is 5.86. The summed E-state index contributed by atoms with van der Waals surface area (Å²) in [5, 5.41) is 8.86. The second kappa shape index (κ2) is 5.28. The molecule has 0 aliphatic heterocycles. The molecule has 5 nitrogen and oxygen atoms in total. The molecule has 1 aromatic heterocycles. The first-order valence-electron chi connectivity index (χ1n) is 5.61. The third-order valence-corrected chi connectivity index (χ3v) is 2.64. The van der Waals surface area contributed by atoms with Crippen molar-refractivity contribution in [2.24, 2.45) is 0 Å². The van der Waals surface area contributed by atoms with Gasteiger partial charge in [0.2, 0.25) is 11.7 Å². The number of methoxy groups -OCH3 is 1. The second-order valence-corrected chi connectivity index (χ2v) is 4.04. The monoisotopic (exact) mass is 283 g/mol. The first kappa shape index (κ1) is 14.0. The number of hydrogen-bond acceptors (Lipinski definition) is 4. The Kier molecular flexibility index (Phi) is 3.69. The van der Waals surface area contributed by atoms with E-state index in [1.165, 1.54) is 7.11 Å². The first-order chi connectivity index (χ1) is 9.43. The van der Waals surface area contributed by atoms with Crippen LogP contribution in [0, 0.1) is 6.92 Å². The van der Waals surface area contributed by atoms with Gasteiger partial charge in [0.15, 0.2) is 5.69 Å². The molecule has 106 valence electrons. The van der Waals surface area contributed by atoms with E-state index in [9.17, 15) is 13.6 Å². The number of nitrogens with zero attached hydrogens (tertiary/aromatic N) is 1. The van der Waals surface area contributed by atoms with E-state index in [-0.39, 0.29) is 5.89 Å². The number of carbonyl (C=O) groups is 1. The molecule has 7 heteroatoms. The van der Waals surface area contributed by atoms with Gasteiger partial charge in [-0.25, -0.2) is 18.6 Å². The number of aromatic nitrogens is 1. The number of carboxylic acid groups (broad SMARTS) is 1. The quantitative estimate of drug-likeness (QED) is 0.932. The van der Waals surface area contributed by atoms with Gasteiger partial charge in [0.05, 0.1) is 12.7 Å². The SMILES string of the molecule is COc1ccc(C)cc1-c1nc(C(F)F)c(C(=O)O)o1. The van der Waals surface area contributed by atoms with Crippen LogP contribution >= 0.6 is 0 Å². The second-order valence-electron chi connectivity index (χ2n) is 4.04. The van der Waals surface area contributed by atoms with Gasteiger partial charge in [-0.3, -0.25) is 0 Å². The smallest absolute Gasteiger partial charge is 0.374 e. The van der Waals surface area contributed by atoms with Gasteiger partial charge in [-0.1, -0.05) is 11.6 Å². The summed E-state index contributed by atoms with van der Waals surface area (Å²) in [7, 11) is 1.41. The molecule has 0 radical (unpaired) electrons. The van der Waals surface area contributed by atoms with Gasteiger partial charge in [-0.05, 0) is 19.1 Å². The number of alkyl halides is 2. The Morgan fingerprint density at radius 2 is 2.15 bits per heavy atom. The number of aryl methyl sites for hydroxylation is 1. The molecular formula is C13H11F2NO4. The zero-order valence-corrected chi connectivity index (χ0v) is 10.7. The zero-order valence-electron chi connectivity index (χ0n) is 10.7. The lowest BCUT2D eigenvalue weighted by Gasteiger charge is -2.05. The molecule has 0 aliphatic rings. The van der Waals surface area contributed by atoms with Crippen LogP contribution < -0.4 is 4.74 Å². The highest BCUT2D eigenvalue weighted by Gasteiger charge is 2.27. The molecule has 20 heavy (non-hydrogen) atoms. The van der Waals surface area contributed by atoms with Crippen LogP contribution in [0.4, 0.5) is 8.78 Å². The number of ether oxygens (including phenoxy) is 1. The van der Waals surface area contributed by atoms with Crippen LogP contribution in [0.2, 0.25) is 0 Å². The standard InChI is InChI=1S/C13H11F2NO4/c1-6-3-4-8(19-2)7(5-6)12-16-9(11(14)15)10(20-12)13(17)18/h3-5,11H,1-2H3,(H,17,18). The van der Waals surface area contributed by atoms with Crippen molar-refractivity contribution in [1.82, 2.24) is 4.98 Å². The fourth-order valence-corrected chi connectivity index (χ4v) is 1.74. The summed E-state index contributed by atoms with van der Waals surface area (Å²) in [6.45, 7) is 1.79. The van der Waals surface area contributed by atoms with Crippen molar-refractivity contribution in [3.05, 3.63) is 35.2 Å². The summed E-state index contributed by atoms with van der Waals surface area (Å²) >= 11 is 0. The van der Waals surface area contributed by atoms with Gasteiger partial charge < -0.3 is 14.3 Å². The Balaban J connectivity index is 2.61. The minimum atomic E-state index is -3.03. The molecule has 1 aromatic carbocycles. The summed E-state index contributed by atoms with van der Waals surface area (Å²) in [6.07, 6.45) is -3.03. The Hall–Kier alpha value is -2.44. The normalized spacial score (nSPS) is 10.8. The van der Waals surface area contributed by atoms with Crippen molar-refractivity contribution < 1.29 is 27.8 Å². The van der Waals surface area contributed by atoms with Gasteiger partial charge >= 0.3 is 5.97 Å². The molecule has 1 heterocycles. The van der Waals surface area contributed by atoms with E-state index in [0.29, 0.717) is 11.3 Å². The van der Waals surface area contributed by atoms with Crippen LogP contribution in [0.3, 0.4) is 0 Å². The molecule has 0 bridgehead atoms. The number of benzene rings is 1. The lowest BCUT2D eigenvalue weighted by Crippen LogP contribution is -1.99. The fraction of sp³-hybridized carbons (Fsp3) is 0.231. The largest absolute Gasteiger partial charge is 0.496 e. The average Bonchev–Trinajstić information content (AvgIpc) is 2.83. The molecule has 0 fully saturated rings. The van der Waals surface area contributed by atoms with E-state index in [0.717, 1.165) is 5.56 Å². The molecule has 0 atom stereocenters. The molecule has 0 aliphatic carbocycles. The number of rotatable bonds is 4. The van der Waals surface area contributed by atoms with Crippen LogP contribution in [0.5, 0.6) is 5.75 Å². The fourth-order valence-electron chi connectivity index (χ4n) is 1.74. The van der Waals surface area contributed by atoms with E-state index in [2.05, 4.69) is 4.98 Å². The summed E-state index contributed by atoms with van der Waals surface area (Å²) in [6, 6.07) is 5.00. The zero-order chi connectivity index (χ0) is 14.9. The maximum atomic E-state index is 12.8. The predicted octanol–water partition coefficient (Wildman–Crippen LogP) is 3.29. The number of hydrogen-bond donors (Lipinski definition) is 1. The van der Waals surface area contributed by atoms with Crippen molar-refractivity contribution in [3.63, 3.8) is 0 Å². The highest BCUT2D eigenvalue weighted by Crippen LogP contribution is 2.34.